The predicted molar refractivity (Wildman–Crippen MR) is 123 cm³/mol. The molecule has 3 rings (SSSR count). The lowest BCUT2D eigenvalue weighted by atomic mass is 10.1. The molecule has 4 N–H and O–H groups in total. The van der Waals surface area contributed by atoms with Crippen LogP contribution in [0.25, 0.3) is 0 Å². The summed E-state index contributed by atoms with van der Waals surface area (Å²) in [5, 5.41) is 12.9. The number of hydrogen-bond acceptors (Lipinski definition) is 3. The number of β-amino-alcohol motifs (C(OH)–C–C–N with tert-alkyl or cyclic N) is 1. The fraction of sp³-hybridized carbons (Fsp3) is 0.381. The van der Waals surface area contributed by atoms with Crippen molar-refractivity contribution < 1.29 is 5.11 Å². The highest BCUT2D eigenvalue weighted by Crippen LogP contribution is 2.18. The predicted octanol–water partition coefficient (Wildman–Crippen LogP) is 3.41. The van der Waals surface area contributed by atoms with Crippen LogP contribution in [-0.2, 0) is 13.1 Å². The number of halogens is 1. The van der Waals surface area contributed by atoms with Crippen molar-refractivity contribution in [1.29, 1.82) is 0 Å². The molecule has 0 bridgehead atoms. The molecule has 1 fully saturated rings. The van der Waals surface area contributed by atoms with Crippen LogP contribution in [0.3, 0.4) is 0 Å². The van der Waals surface area contributed by atoms with Gasteiger partial charge >= 0.3 is 0 Å². The van der Waals surface area contributed by atoms with Crippen LogP contribution in [-0.4, -0.2) is 35.2 Å². The molecule has 0 saturated carbocycles. The summed E-state index contributed by atoms with van der Waals surface area (Å²) in [5.74, 6) is 0.416. The summed E-state index contributed by atoms with van der Waals surface area (Å²) in [7, 11) is 0. The molecule has 1 saturated heterocycles. The van der Waals surface area contributed by atoms with Gasteiger partial charge in [0.05, 0.1) is 12.6 Å². The molecule has 1 aliphatic rings. The molecule has 0 aliphatic carbocycles. The van der Waals surface area contributed by atoms with E-state index in [0.29, 0.717) is 12.5 Å². The topological polar surface area (TPSA) is 73.9 Å². The number of benzene rings is 2. The Labute approximate surface area is 178 Å². The number of aliphatic imine (C=N–C) groups is 1. The fourth-order valence-electron chi connectivity index (χ4n) is 3.24. The Kier molecular flexibility index (Phi) is 8.07. The van der Waals surface area contributed by atoms with Gasteiger partial charge in [0.1, 0.15) is 0 Å². The van der Waals surface area contributed by atoms with Crippen LogP contribution in [0.15, 0.2) is 47.5 Å². The average Bonchev–Trinajstić information content (AvgIpc) is 3.02. The summed E-state index contributed by atoms with van der Waals surface area (Å²) >= 11 is 0. The van der Waals surface area contributed by atoms with Gasteiger partial charge in [0.2, 0.25) is 0 Å². The molecule has 1 atom stereocenters. The molecule has 2 aromatic rings. The summed E-state index contributed by atoms with van der Waals surface area (Å²) in [6.07, 6.45) is 0.658. The number of aryl methyl sites for hydroxylation is 2. The molecule has 27 heavy (non-hydrogen) atoms. The summed E-state index contributed by atoms with van der Waals surface area (Å²) in [6.45, 7) is 7.24. The number of guanidine groups is 1. The van der Waals surface area contributed by atoms with Crippen LogP contribution in [0.5, 0.6) is 0 Å². The molecular weight excluding hydrogens is 451 g/mol. The maximum Gasteiger partial charge on any atom is 0.193 e. The Balaban J connectivity index is 0.00000261. The number of nitrogens with one attached hydrogen (secondary N) is 1. The second-order valence-electron chi connectivity index (χ2n) is 7.07. The number of hydrogen-bond donors (Lipinski definition) is 3. The minimum absolute atomic E-state index is 0. The maximum atomic E-state index is 9.71. The van der Waals surface area contributed by atoms with E-state index in [0.717, 1.165) is 31.7 Å². The standard InChI is InChI=1S/C21H28N4O.HI/c1-15-7-8-19(11-16(15)2)24-21(22)23-12-17-5-3-4-6-18(17)13-25-10-9-20(26)14-25;/h3-8,11,20,26H,9-10,12-14H2,1-2H3,(H3,22,23,24);1H. The third-order valence-electron chi connectivity index (χ3n) is 4.96. The molecule has 2 aromatic carbocycles. The van der Waals surface area contributed by atoms with Gasteiger partial charge in [-0.3, -0.25) is 4.90 Å². The number of anilines is 1. The first kappa shape index (κ1) is 21.7. The van der Waals surface area contributed by atoms with Crippen molar-refractivity contribution in [3.05, 3.63) is 64.7 Å². The van der Waals surface area contributed by atoms with Gasteiger partial charge in [-0.2, -0.15) is 0 Å². The molecule has 5 nitrogen and oxygen atoms in total. The van der Waals surface area contributed by atoms with Gasteiger partial charge in [-0.15, -0.1) is 24.0 Å². The van der Waals surface area contributed by atoms with Crippen molar-refractivity contribution in [2.24, 2.45) is 10.7 Å². The highest BCUT2D eigenvalue weighted by atomic mass is 127. The van der Waals surface area contributed by atoms with Crippen molar-refractivity contribution in [3.63, 3.8) is 0 Å². The maximum absolute atomic E-state index is 9.71. The van der Waals surface area contributed by atoms with Crippen molar-refractivity contribution in [1.82, 2.24) is 4.90 Å². The van der Waals surface area contributed by atoms with Crippen LogP contribution in [0.4, 0.5) is 5.69 Å². The Bertz CT molecular complexity index is 794. The number of rotatable bonds is 5. The van der Waals surface area contributed by atoms with Crippen molar-refractivity contribution >= 4 is 35.6 Å². The lowest BCUT2D eigenvalue weighted by Gasteiger charge is -2.17. The molecule has 0 amide bonds. The normalized spacial score (nSPS) is 17.6. The van der Waals surface area contributed by atoms with Gasteiger partial charge in [-0.25, -0.2) is 4.99 Å². The zero-order chi connectivity index (χ0) is 18.5. The quantitative estimate of drug-likeness (QED) is 0.349. The Morgan fingerprint density at radius 2 is 1.93 bits per heavy atom. The van der Waals surface area contributed by atoms with E-state index in [4.69, 9.17) is 5.73 Å². The number of aliphatic hydroxyl groups excluding tert-OH is 1. The van der Waals surface area contributed by atoms with Gasteiger partial charge in [0, 0.05) is 25.3 Å². The van der Waals surface area contributed by atoms with Crippen LogP contribution in [0, 0.1) is 13.8 Å². The van der Waals surface area contributed by atoms with Crippen LogP contribution in [0.1, 0.15) is 28.7 Å². The third kappa shape index (κ3) is 6.19. The van der Waals surface area contributed by atoms with E-state index in [-0.39, 0.29) is 30.1 Å². The molecule has 0 radical (unpaired) electrons. The highest BCUT2D eigenvalue weighted by Gasteiger charge is 2.20. The van der Waals surface area contributed by atoms with Crippen LogP contribution in [0.2, 0.25) is 0 Å². The van der Waals surface area contributed by atoms with Crippen LogP contribution >= 0.6 is 24.0 Å². The fourth-order valence-corrected chi connectivity index (χ4v) is 3.24. The Morgan fingerprint density at radius 1 is 1.19 bits per heavy atom. The zero-order valence-corrected chi connectivity index (χ0v) is 18.3. The minimum atomic E-state index is -0.196. The average molecular weight is 480 g/mol. The molecule has 146 valence electrons. The summed E-state index contributed by atoms with van der Waals surface area (Å²) in [4.78, 5) is 6.79. The highest BCUT2D eigenvalue weighted by molar-refractivity contribution is 14.0. The summed E-state index contributed by atoms with van der Waals surface area (Å²) in [5.41, 5.74) is 11.9. The third-order valence-corrected chi connectivity index (χ3v) is 4.96. The van der Waals surface area contributed by atoms with E-state index in [1.165, 1.54) is 22.3 Å². The van der Waals surface area contributed by atoms with Gasteiger partial charge in [-0.05, 0) is 54.7 Å². The first-order chi connectivity index (χ1) is 12.5. The lowest BCUT2D eigenvalue weighted by Crippen LogP contribution is -2.23. The number of aliphatic hydroxyl groups is 1. The first-order valence-electron chi connectivity index (χ1n) is 9.12. The molecular formula is C21H29IN4O. The first-order valence-corrected chi connectivity index (χ1v) is 9.12. The van der Waals surface area contributed by atoms with E-state index in [2.05, 4.69) is 53.3 Å². The molecule has 1 unspecified atom stereocenters. The van der Waals surface area contributed by atoms with Gasteiger partial charge in [0.25, 0.3) is 0 Å². The smallest absolute Gasteiger partial charge is 0.193 e. The second kappa shape index (κ2) is 10.1. The van der Waals surface area contributed by atoms with Crippen LogP contribution < -0.4 is 11.1 Å². The number of likely N-dealkylation sites (tertiary alicyclic amines) is 1. The van der Waals surface area contributed by atoms with E-state index in [9.17, 15) is 5.11 Å². The molecule has 1 aliphatic heterocycles. The Morgan fingerprint density at radius 3 is 2.59 bits per heavy atom. The summed E-state index contributed by atoms with van der Waals surface area (Å²) < 4.78 is 0. The molecule has 0 aromatic heterocycles. The number of nitrogens with two attached hydrogens (primary N) is 1. The van der Waals surface area contributed by atoms with Crippen molar-refractivity contribution in [3.8, 4) is 0 Å². The van der Waals surface area contributed by atoms with E-state index in [1.807, 2.05) is 18.2 Å². The van der Waals surface area contributed by atoms with E-state index >= 15 is 0 Å². The van der Waals surface area contributed by atoms with Crippen molar-refractivity contribution in [2.75, 3.05) is 18.4 Å². The lowest BCUT2D eigenvalue weighted by molar-refractivity contribution is 0.174. The SMILES string of the molecule is Cc1ccc(NC(N)=NCc2ccccc2CN2CCC(O)C2)cc1C.I. The largest absolute Gasteiger partial charge is 0.392 e. The molecule has 1 heterocycles. The second-order valence-corrected chi connectivity index (χ2v) is 7.07. The molecule has 6 heteroatoms. The number of nitrogens with zero attached hydrogens (tertiary/aromatic N) is 2. The minimum Gasteiger partial charge on any atom is -0.392 e. The molecule has 0 spiro atoms. The zero-order valence-electron chi connectivity index (χ0n) is 16.0. The van der Waals surface area contributed by atoms with E-state index in [1.54, 1.807) is 0 Å². The summed E-state index contributed by atoms with van der Waals surface area (Å²) in [6, 6.07) is 14.5. The van der Waals surface area contributed by atoms with E-state index < -0.39 is 0 Å². The monoisotopic (exact) mass is 480 g/mol. The van der Waals surface area contributed by atoms with Gasteiger partial charge in [-0.1, -0.05) is 30.3 Å². The van der Waals surface area contributed by atoms with Gasteiger partial charge in [0.15, 0.2) is 5.96 Å². The van der Waals surface area contributed by atoms with Crippen molar-refractivity contribution in [2.45, 2.75) is 39.5 Å². The van der Waals surface area contributed by atoms with Gasteiger partial charge < -0.3 is 16.2 Å². The Hall–Kier alpha value is -1.64.